The summed E-state index contributed by atoms with van der Waals surface area (Å²) >= 11 is 1.81. The monoisotopic (exact) mass is 484 g/mol. The summed E-state index contributed by atoms with van der Waals surface area (Å²) in [6.45, 7) is 0. The van der Waals surface area contributed by atoms with Crippen LogP contribution in [0.15, 0.2) is 128 Å². The molecule has 0 fully saturated rings. The van der Waals surface area contributed by atoms with Crippen LogP contribution >= 0.6 is 19.3 Å². The third-order valence-corrected chi connectivity index (χ3v) is 9.97. The lowest BCUT2D eigenvalue weighted by Gasteiger charge is -2.20. The van der Waals surface area contributed by atoms with E-state index in [4.69, 9.17) is 4.98 Å². The van der Waals surface area contributed by atoms with Crippen LogP contribution in [0.1, 0.15) is 0 Å². The molecule has 0 N–H and O–H groups in total. The van der Waals surface area contributed by atoms with Gasteiger partial charge in [-0.1, -0.05) is 97.1 Å². The summed E-state index contributed by atoms with van der Waals surface area (Å²) in [4.78, 5) is 6.14. The molecular weight excluding hydrogens is 463 g/mol. The molecular formula is C31H21N2PS. The average molecular weight is 485 g/mol. The number of pyridine rings is 1. The van der Waals surface area contributed by atoms with Gasteiger partial charge in [0.05, 0.1) is 0 Å². The van der Waals surface area contributed by atoms with Crippen molar-refractivity contribution in [1.82, 2.24) is 9.38 Å². The van der Waals surface area contributed by atoms with Crippen molar-refractivity contribution < 1.29 is 0 Å². The molecule has 0 saturated heterocycles. The smallest absolute Gasteiger partial charge is 0.138 e. The minimum Gasteiger partial charge on any atom is -0.290 e. The van der Waals surface area contributed by atoms with Crippen molar-refractivity contribution in [3.05, 3.63) is 128 Å². The molecule has 35 heavy (non-hydrogen) atoms. The van der Waals surface area contributed by atoms with Crippen LogP contribution in [-0.2, 0) is 0 Å². The first-order valence-electron chi connectivity index (χ1n) is 11.7. The average Bonchev–Trinajstić information content (AvgIpc) is 3.46. The number of hydrogen-bond donors (Lipinski definition) is 0. The Hall–Kier alpha value is -3.78. The zero-order chi connectivity index (χ0) is 23.2. The fraction of sp³-hybridized carbons (Fsp3) is 0. The third kappa shape index (κ3) is 3.56. The minimum atomic E-state index is -0.637. The molecule has 2 nitrogen and oxygen atoms in total. The van der Waals surface area contributed by atoms with Crippen molar-refractivity contribution in [2.45, 2.75) is 0 Å². The second-order valence-corrected chi connectivity index (χ2v) is 11.8. The highest BCUT2D eigenvalue weighted by Gasteiger charge is 2.17. The van der Waals surface area contributed by atoms with Crippen molar-refractivity contribution in [2.75, 3.05) is 0 Å². The number of nitrogens with zero attached hydrogens (tertiary/aromatic N) is 2. The number of benzene rings is 4. The molecule has 0 unspecified atom stereocenters. The molecule has 4 heteroatoms. The van der Waals surface area contributed by atoms with Crippen LogP contribution in [0.25, 0.3) is 37.2 Å². The van der Waals surface area contributed by atoms with E-state index in [-0.39, 0.29) is 0 Å². The van der Waals surface area contributed by atoms with E-state index in [2.05, 4.69) is 132 Å². The predicted molar refractivity (Wildman–Crippen MR) is 152 cm³/mol. The number of fused-ring (bicyclic) bond motifs is 5. The van der Waals surface area contributed by atoms with Gasteiger partial charge in [0.15, 0.2) is 0 Å². The van der Waals surface area contributed by atoms with E-state index in [9.17, 15) is 0 Å². The first-order valence-corrected chi connectivity index (χ1v) is 13.8. The molecule has 0 amide bonds. The van der Waals surface area contributed by atoms with Gasteiger partial charge in [0.2, 0.25) is 0 Å². The standard InChI is InChI=1S/C31H21N2PS/c1-3-11-24(12-4-1)34(25-13-5-2-6-14-25)26-15-9-10-22(20-26)23-18-19-29-32-30-27-16-7-8-17-28(27)35-31(30)33(29)21-23/h1-21H. The van der Waals surface area contributed by atoms with Gasteiger partial charge in [-0.05, 0) is 59.2 Å². The van der Waals surface area contributed by atoms with Crippen LogP contribution in [0.4, 0.5) is 0 Å². The Labute approximate surface area is 208 Å². The Kier molecular flexibility index (Phi) is 4.98. The largest absolute Gasteiger partial charge is 0.290 e. The summed E-state index contributed by atoms with van der Waals surface area (Å²) in [5.41, 5.74) is 4.51. The normalized spacial score (nSPS) is 11.7. The predicted octanol–water partition coefficient (Wildman–Crippen LogP) is 7.13. The summed E-state index contributed by atoms with van der Waals surface area (Å²) in [6.07, 6.45) is 2.24. The number of thiophene rings is 1. The van der Waals surface area contributed by atoms with Gasteiger partial charge >= 0.3 is 0 Å². The maximum Gasteiger partial charge on any atom is 0.138 e. The van der Waals surface area contributed by atoms with Crippen molar-refractivity contribution in [3.63, 3.8) is 0 Å². The highest BCUT2D eigenvalue weighted by molar-refractivity contribution is 7.79. The molecule has 3 aromatic heterocycles. The van der Waals surface area contributed by atoms with Crippen LogP contribution in [0.5, 0.6) is 0 Å². The van der Waals surface area contributed by atoms with Gasteiger partial charge in [0.25, 0.3) is 0 Å². The topological polar surface area (TPSA) is 17.3 Å². The van der Waals surface area contributed by atoms with Gasteiger partial charge in [-0.15, -0.1) is 11.3 Å². The van der Waals surface area contributed by atoms with Crippen molar-refractivity contribution in [3.8, 4) is 11.1 Å². The molecule has 0 atom stereocenters. The van der Waals surface area contributed by atoms with E-state index < -0.39 is 7.92 Å². The maximum atomic E-state index is 4.94. The van der Waals surface area contributed by atoms with E-state index in [0.717, 1.165) is 11.2 Å². The van der Waals surface area contributed by atoms with Crippen LogP contribution in [-0.4, -0.2) is 9.38 Å². The Morgan fingerprint density at radius 3 is 2.06 bits per heavy atom. The maximum absolute atomic E-state index is 4.94. The zero-order valence-electron chi connectivity index (χ0n) is 18.9. The highest BCUT2D eigenvalue weighted by atomic mass is 32.1. The molecule has 7 aromatic rings. The molecule has 0 aliphatic rings. The molecule has 0 spiro atoms. The lowest BCUT2D eigenvalue weighted by Crippen LogP contribution is -2.20. The van der Waals surface area contributed by atoms with Crippen LogP contribution in [0, 0.1) is 0 Å². The van der Waals surface area contributed by atoms with Gasteiger partial charge in [0.1, 0.15) is 16.0 Å². The molecule has 4 aromatic carbocycles. The summed E-state index contributed by atoms with van der Waals surface area (Å²) < 4.78 is 3.53. The van der Waals surface area contributed by atoms with E-state index >= 15 is 0 Å². The Morgan fingerprint density at radius 1 is 0.600 bits per heavy atom. The van der Waals surface area contributed by atoms with Crippen molar-refractivity contribution in [2.24, 2.45) is 0 Å². The molecule has 3 heterocycles. The molecule has 166 valence electrons. The van der Waals surface area contributed by atoms with Crippen molar-refractivity contribution in [1.29, 1.82) is 0 Å². The third-order valence-electron chi connectivity index (χ3n) is 6.39. The molecule has 0 aliphatic heterocycles. The number of rotatable bonds is 4. The van der Waals surface area contributed by atoms with Gasteiger partial charge in [-0.25, -0.2) is 4.98 Å². The Balaban J connectivity index is 1.37. The molecule has 0 saturated carbocycles. The summed E-state index contributed by atoms with van der Waals surface area (Å²) in [5, 5.41) is 5.31. The van der Waals surface area contributed by atoms with Crippen LogP contribution in [0.2, 0.25) is 0 Å². The fourth-order valence-corrected chi connectivity index (χ4v) is 8.21. The van der Waals surface area contributed by atoms with Crippen molar-refractivity contribution >= 4 is 61.3 Å². The first kappa shape index (κ1) is 20.6. The van der Waals surface area contributed by atoms with E-state index in [1.807, 2.05) is 11.3 Å². The molecule has 0 bridgehead atoms. The summed E-state index contributed by atoms with van der Waals surface area (Å²) in [7, 11) is -0.637. The lowest BCUT2D eigenvalue weighted by molar-refractivity contribution is 1.24. The van der Waals surface area contributed by atoms with Gasteiger partial charge < -0.3 is 0 Å². The Morgan fingerprint density at radius 2 is 1.29 bits per heavy atom. The molecule has 0 aliphatic carbocycles. The highest BCUT2D eigenvalue weighted by Crippen LogP contribution is 2.36. The second kappa shape index (κ2) is 8.46. The van der Waals surface area contributed by atoms with E-state index in [1.165, 1.54) is 42.0 Å². The number of hydrogen-bond acceptors (Lipinski definition) is 2. The minimum absolute atomic E-state index is 0.637. The SMILES string of the molecule is c1ccc(P(c2ccccc2)c2cccc(-c3ccc4nc5c6ccccc6sc5n4c3)c2)cc1. The Bertz CT molecular complexity index is 1760. The van der Waals surface area contributed by atoms with Gasteiger partial charge in [-0.3, -0.25) is 4.40 Å². The van der Waals surface area contributed by atoms with Crippen LogP contribution < -0.4 is 15.9 Å². The van der Waals surface area contributed by atoms with Crippen LogP contribution in [0.3, 0.4) is 0 Å². The fourth-order valence-electron chi connectivity index (χ4n) is 4.75. The number of aromatic nitrogens is 2. The molecule has 0 radical (unpaired) electrons. The second-order valence-electron chi connectivity index (χ2n) is 8.57. The lowest BCUT2D eigenvalue weighted by atomic mass is 10.1. The zero-order valence-corrected chi connectivity index (χ0v) is 20.6. The van der Waals surface area contributed by atoms with E-state index in [1.54, 1.807) is 0 Å². The molecule has 7 rings (SSSR count). The summed E-state index contributed by atoms with van der Waals surface area (Å²) in [6, 6.07) is 43.7. The van der Waals surface area contributed by atoms with Gasteiger partial charge in [0, 0.05) is 16.3 Å². The first-order chi connectivity index (χ1) is 17.3. The van der Waals surface area contributed by atoms with E-state index in [0.29, 0.717) is 0 Å². The quantitative estimate of drug-likeness (QED) is 0.243. The number of imidazole rings is 1. The summed E-state index contributed by atoms with van der Waals surface area (Å²) in [5.74, 6) is 0. The van der Waals surface area contributed by atoms with Gasteiger partial charge in [-0.2, -0.15) is 0 Å².